The minimum atomic E-state index is -4.43. The van der Waals surface area contributed by atoms with Crippen LogP contribution in [0.1, 0.15) is 111 Å². The number of rotatable bonds is 12. The average molecular weight is 611 g/mol. The van der Waals surface area contributed by atoms with Gasteiger partial charge in [-0.15, -0.1) is 0 Å². The monoisotopic (exact) mass is 610 g/mol. The summed E-state index contributed by atoms with van der Waals surface area (Å²) in [6.07, 6.45) is 1.41. The second kappa shape index (κ2) is 12.2. The fraction of sp³-hybridized carbons (Fsp3) is 0.621. The SMILES string of the molecule is C=Nn1cc([C@@H](NC(=O)c2conc2C2CC2)C2CCC(F)(F)CC2)nc1/C=C(\C)[C@H](NC(=O)CCC(F)(F)F)C1CC1. The van der Waals surface area contributed by atoms with E-state index in [0.29, 0.717) is 28.3 Å². The Morgan fingerprint density at radius 3 is 2.47 bits per heavy atom. The molecule has 5 rings (SSSR count). The molecular formula is C29H35F5N6O3. The molecule has 2 heterocycles. The van der Waals surface area contributed by atoms with Crippen molar-refractivity contribution in [3.63, 3.8) is 0 Å². The van der Waals surface area contributed by atoms with Crippen molar-refractivity contribution in [3.05, 3.63) is 40.8 Å². The molecule has 0 saturated heterocycles. The van der Waals surface area contributed by atoms with Crippen molar-refractivity contribution in [2.45, 2.75) is 101 Å². The van der Waals surface area contributed by atoms with Gasteiger partial charge in [0.15, 0.2) is 5.82 Å². The number of aromatic nitrogens is 3. The van der Waals surface area contributed by atoms with Crippen molar-refractivity contribution in [1.29, 1.82) is 0 Å². The van der Waals surface area contributed by atoms with Gasteiger partial charge in [0.25, 0.3) is 5.91 Å². The maximum atomic E-state index is 14.0. The van der Waals surface area contributed by atoms with E-state index in [9.17, 15) is 31.5 Å². The van der Waals surface area contributed by atoms with Gasteiger partial charge in [0.2, 0.25) is 11.8 Å². The molecule has 234 valence electrons. The highest BCUT2D eigenvalue weighted by atomic mass is 19.4. The molecular weight excluding hydrogens is 575 g/mol. The number of carbonyl (C=O) groups is 2. The Labute approximate surface area is 245 Å². The highest BCUT2D eigenvalue weighted by Gasteiger charge is 2.41. The summed E-state index contributed by atoms with van der Waals surface area (Å²) in [5, 5.41) is 13.7. The quantitative estimate of drug-likeness (QED) is 0.221. The molecule has 0 radical (unpaired) electrons. The fourth-order valence-electron chi connectivity index (χ4n) is 5.71. The number of hydrogen-bond donors (Lipinski definition) is 2. The molecule has 0 spiro atoms. The molecule has 2 N–H and O–H groups in total. The molecule has 43 heavy (non-hydrogen) atoms. The maximum Gasteiger partial charge on any atom is 0.389 e. The zero-order valence-corrected chi connectivity index (χ0v) is 23.8. The molecule has 2 aromatic heterocycles. The molecule has 3 saturated carbocycles. The first-order valence-electron chi connectivity index (χ1n) is 14.6. The first kappa shape index (κ1) is 30.9. The van der Waals surface area contributed by atoms with E-state index in [2.05, 4.69) is 27.6 Å². The number of amides is 2. The van der Waals surface area contributed by atoms with E-state index in [4.69, 9.17) is 9.51 Å². The molecule has 3 aliphatic rings. The van der Waals surface area contributed by atoms with Crippen LogP contribution in [0.3, 0.4) is 0 Å². The van der Waals surface area contributed by atoms with Crippen LogP contribution in [0.5, 0.6) is 0 Å². The molecule has 9 nitrogen and oxygen atoms in total. The Morgan fingerprint density at radius 1 is 1.16 bits per heavy atom. The second-order valence-corrected chi connectivity index (χ2v) is 11.9. The predicted octanol–water partition coefficient (Wildman–Crippen LogP) is 6.15. The second-order valence-electron chi connectivity index (χ2n) is 11.9. The summed E-state index contributed by atoms with van der Waals surface area (Å²) in [7, 11) is 0. The van der Waals surface area contributed by atoms with Crippen molar-refractivity contribution in [2.75, 3.05) is 0 Å². The van der Waals surface area contributed by atoms with Crippen LogP contribution in [0.4, 0.5) is 22.0 Å². The first-order valence-corrected chi connectivity index (χ1v) is 14.6. The topological polar surface area (TPSA) is 114 Å². The lowest BCUT2D eigenvalue weighted by molar-refractivity contribution is -0.144. The van der Waals surface area contributed by atoms with Gasteiger partial charge in [0.1, 0.15) is 11.8 Å². The number of alkyl halides is 5. The largest absolute Gasteiger partial charge is 0.389 e. The summed E-state index contributed by atoms with van der Waals surface area (Å²) in [4.78, 5) is 30.4. The number of imidazole rings is 1. The number of halogens is 5. The van der Waals surface area contributed by atoms with Crippen molar-refractivity contribution in [3.8, 4) is 0 Å². The molecule has 2 atom stereocenters. The molecule has 0 aromatic carbocycles. The highest BCUT2D eigenvalue weighted by molar-refractivity contribution is 5.95. The van der Waals surface area contributed by atoms with E-state index in [1.807, 2.05) is 0 Å². The minimum absolute atomic E-state index is 0.0887. The summed E-state index contributed by atoms with van der Waals surface area (Å²) >= 11 is 0. The Hall–Kier alpha value is -3.58. The Balaban J connectivity index is 1.39. The summed E-state index contributed by atoms with van der Waals surface area (Å²) in [6, 6.07) is -1.20. The van der Waals surface area contributed by atoms with Crippen molar-refractivity contribution in [1.82, 2.24) is 25.5 Å². The lowest BCUT2D eigenvalue weighted by atomic mass is 9.81. The van der Waals surface area contributed by atoms with Crippen LogP contribution in [-0.4, -0.2) is 51.5 Å². The van der Waals surface area contributed by atoms with Crippen LogP contribution >= 0.6 is 0 Å². The van der Waals surface area contributed by atoms with Gasteiger partial charge in [-0.25, -0.2) is 18.4 Å². The van der Waals surface area contributed by atoms with Gasteiger partial charge in [-0.05, 0) is 68.9 Å². The summed E-state index contributed by atoms with van der Waals surface area (Å²) < 4.78 is 72.4. The molecule has 0 bridgehead atoms. The van der Waals surface area contributed by atoms with E-state index < -0.39 is 48.8 Å². The van der Waals surface area contributed by atoms with Gasteiger partial charge in [-0.3, -0.25) is 9.59 Å². The first-order chi connectivity index (χ1) is 20.3. The van der Waals surface area contributed by atoms with Crippen LogP contribution in [0.15, 0.2) is 27.7 Å². The van der Waals surface area contributed by atoms with Crippen molar-refractivity contribution in [2.24, 2.45) is 16.9 Å². The molecule has 14 heteroatoms. The Morgan fingerprint density at radius 2 is 1.86 bits per heavy atom. The number of carbonyl (C=O) groups excluding carboxylic acids is 2. The zero-order valence-electron chi connectivity index (χ0n) is 23.8. The van der Waals surface area contributed by atoms with Gasteiger partial charge in [-0.1, -0.05) is 5.16 Å². The Bertz CT molecular complexity index is 1360. The van der Waals surface area contributed by atoms with E-state index in [0.717, 1.165) is 25.7 Å². The van der Waals surface area contributed by atoms with Gasteiger partial charge in [0, 0.05) is 31.9 Å². The predicted molar refractivity (Wildman–Crippen MR) is 146 cm³/mol. The minimum Gasteiger partial charge on any atom is -0.364 e. The van der Waals surface area contributed by atoms with Crippen LogP contribution in [0.25, 0.3) is 6.08 Å². The third-order valence-electron chi connectivity index (χ3n) is 8.42. The van der Waals surface area contributed by atoms with Gasteiger partial charge in [0.05, 0.1) is 36.1 Å². The van der Waals surface area contributed by atoms with E-state index in [-0.39, 0.29) is 43.4 Å². The molecule has 2 amide bonds. The lowest BCUT2D eigenvalue weighted by Gasteiger charge is -2.33. The number of nitrogens with one attached hydrogen (secondary N) is 2. The molecule has 0 unspecified atom stereocenters. The summed E-state index contributed by atoms with van der Waals surface area (Å²) in [6.45, 7) is 5.34. The van der Waals surface area contributed by atoms with Gasteiger partial charge < -0.3 is 15.2 Å². The van der Waals surface area contributed by atoms with Crippen LogP contribution < -0.4 is 10.6 Å². The zero-order chi connectivity index (χ0) is 30.9. The van der Waals surface area contributed by atoms with Gasteiger partial charge in [-0.2, -0.15) is 18.3 Å². The van der Waals surface area contributed by atoms with E-state index >= 15 is 0 Å². The molecule has 3 fully saturated rings. The number of hydrogen-bond acceptors (Lipinski definition) is 6. The maximum absolute atomic E-state index is 14.0. The Kier molecular flexibility index (Phi) is 8.75. The third kappa shape index (κ3) is 7.88. The smallest absolute Gasteiger partial charge is 0.364 e. The normalized spacial score (nSPS) is 20.8. The lowest BCUT2D eigenvalue weighted by Crippen LogP contribution is -2.37. The van der Waals surface area contributed by atoms with Gasteiger partial charge >= 0.3 is 6.18 Å². The molecule has 0 aliphatic heterocycles. The highest BCUT2D eigenvalue weighted by Crippen LogP contribution is 2.43. The van der Waals surface area contributed by atoms with Crippen LogP contribution in [0, 0.1) is 11.8 Å². The average Bonchev–Trinajstić information content (AvgIpc) is 3.88. The molecule has 2 aromatic rings. The van der Waals surface area contributed by atoms with Crippen LogP contribution in [0.2, 0.25) is 0 Å². The third-order valence-corrected chi connectivity index (χ3v) is 8.42. The van der Waals surface area contributed by atoms with Crippen molar-refractivity contribution < 1.29 is 36.1 Å². The standard InChI is InChI=1S/C29H35F5N6O3/c1-16(24(17-3-4-17)37-23(41)9-12-29(32,33)34)13-22-36-21(14-40(22)35-2)26(19-7-10-28(30,31)11-8-19)38-27(42)20-15-43-39-25(20)18-5-6-18/h13-15,17-19,24,26H,2-12H2,1H3,(H,37,41)(H,38,42)/b16-13+/t24-,26-/m0/s1. The summed E-state index contributed by atoms with van der Waals surface area (Å²) in [5.74, 6) is -3.66. The van der Waals surface area contributed by atoms with E-state index in [1.165, 1.54) is 10.9 Å². The van der Waals surface area contributed by atoms with E-state index in [1.54, 1.807) is 19.2 Å². The number of nitrogens with zero attached hydrogens (tertiary/aromatic N) is 4. The van der Waals surface area contributed by atoms with Crippen molar-refractivity contribution >= 4 is 24.6 Å². The summed E-state index contributed by atoms with van der Waals surface area (Å²) in [5.41, 5.74) is 1.95. The fourth-order valence-corrected chi connectivity index (χ4v) is 5.71. The van der Waals surface area contributed by atoms with Crippen LogP contribution in [-0.2, 0) is 4.79 Å². The molecule has 3 aliphatic carbocycles.